The summed E-state index contributed by atoms with van der Waals surface area (Å²) in [5.41, 5.74) is 1.09. The van der Waals surface area contributed by atoms with Crippen LogP contribution in [0.3, 0.4) is 0 Å². The lowest BCUT2D eigenvalue weighted by atomic mass is 9.89. The zero-order valence-electron chi connectivity index (χ0n) is 11.6. The molecule has 3 rings (SSSR count). The first-order valence-corrected chi connectivity index (χ1v) is 7.27. The van der Waals surface area contributed by atoms with Crippen LogP contribution < -0.4 is 5.32 Å². The van der Waals surface area contributed by atoms with Gasteiger partial charge >= 0.3 is 0 Å². The second-order valence-electron chi connectivity index (χ2n) is 5.98. The van der Waals surface area contributed by atoms with E-state index < -0.39 is 0 Å². The van der Waals surface area contributed by atoms with Crippen LogP contribution in [0.4, 0.5) is 0 Å². The van der Waals surface area contributed by atoms with E-state index in [0.29, 0.717) is 0 Å². The van der Waals surface area contributed by atoms with Crippen molar-refractivity contribution in [1.82, 2.24) is 10.2 Å². The first-order chi connectivity index (χ1) is 9.21. The van der Waals surface area contributed by atoms with E-state index in [1.807, 2.05) is 6.07 Å². The molecule has 1 aliphatic heterocycles. The third-order valence-corrected chi connectivity index (χ3v) is 4.74. The molecule has 0 aromatic heterocycles. The quantitative estimate of drug-likeness (QED) is 0.879. The van der Waals surface area contributed by atoms with Crippen molar-refractivity contribution in [2.24, 2.45) is 0 Å². The molecular formula is C16H22N2O. The molecule has 1 spiro atoms. The summed E-state index contributed by atoms with van der Waals surface area (Å²) in [4.78, 5) is 14.8. The molecular weight excluding hydrogens is 236 g/mol. The summed E-state index contributed by atoms with van der Waals surface area (Å²) < 4.78 is 0. The second kappa shape index (κ2) is 4.97. The van der Waals surface area contributed by atoms with E-state index in [1.54, 1.807) is 0 Å². The van der Waals surface area contributed by atoms with Gasteiger partial charge in [-0.3, -0.25) is 9.69 Å². The largest absolute Gasteiger partial charge is 0.350 e. The van der Waals surface area contributed by atoms with Gasteiger partial charge in [0.2, 0.25) is 5.91 Å². The maximum absolute atomic E-state index is 12.5. The molecule has 102 valence electrons. The van der Waals surface area contributed by atoms with Gasteiger partial charge in [0, 0.05) is 12.6 Å². The molecule has 1 saturated carbocycles. The van der Waals surface area contributed by atoms with Gasteiger partial charge in [0.1, 0.15) is 5.54 Å². The number of likely N-dealkylation sites (N-methyl/N-ethyl adjacent to an activating group) is 1. The smallest absolute Gasteiger partial charge is 0.240 e. The number of carbonyl (C=O) groups is 1. The summed E-state index contributed by atoms with van der Waals surface area (Å²) in [5.74, 6) is 0.250. The number of piperazine rings is 1. The number of nitrogens with one attached hydrogen (secondary N) is 1. The summed E-state index contributed by atoms with van der Waals surface area (Å²) in [6, 6.07) is 10.6. The molecule has 1 N–H and O–H groups in total. The van der Waals surface area contributed by atoms with Crippen molar-refractivity contribution in [3.63, 3.8) is 0 Å². The predicted octanol–water partition coefficient (Wildman–Crippen LogP) is 1.97. The fourth-order valence-corrected chi connectivity index (χ4v) is 3.63. The summed E-state index contributed by atoms with van der Waals surface area (Å²) in [5, 5.41) is 3.25. The predicted molar refractivity (Wildman–Crippen MR) is 75.9 cm³/mol. The standard InChI is InChI=1S/C16H22N2O/c1-18-12-14(11-13-7-3-2-4-8-13)17-15(19)16(18)9-5-6-10-16/h2-4,7-8,14H,5-6,9-12H2,1H3,(H,17,19). The normalized spacial score (nSPS) is 26.6. The minimum Gasteiger partial charge on any atom is -0.350 e. The van der Waals surface area contributed by atoms with E-state index in [9.17, 15) is 4.79 Å². The molecule has 1 amide bonds. The monoisotopic (exact) mass is 258 g/mol. The molecule has 3 nitrogen and oxygen atoms in total. The molecule has 1 aliphatic carbocycles. The molecule has 1 atom stereocenters. The highest BCUT2D eigenvalue weighted by Gasteiger charge is 2.48. The Bertz CT molecular complexity index is 451. The Morgan fingerprint density at radius 2 is 1.95 bits per heavy atom. The molecule has 1 aromatic rings. The highest BCUT2D eigenvalue weighted by molar-refractivity contribution is 5.87. The average molecular weight is 258 g/mol. The lowest BCUT2D eigenvalue weighted by molar-refractivity contribution is -0.137. The van der Waals surface area contributed by atoms with Gasteiger partial charge in [0.15, 0.2) is 0 Å². The van der Waals surface area contributed by atoms with Crippen LogP contribution in [-0.2, 0) is 11.2 Å². The van der Waals surface area contributed by atoms with Gasteiger partial charge in [0.25, 0.3) is 0 Å². The van der Waals surface area contributed by atoms with Crippen LogP contribution in [-0.4, -0.2) is 36.0 Å². The number of hydrogen-bond donors (Lipinski definition) is 1. The van der Waals surface area contributed by atoms with Gasteiger partial charge in [-0.05, 0) is 31.9 Å². The van der Waals surface area contributed by atoms with Gasteiger partial charge in [-0.1, -0.05) is 43.2 Å². The van der Waals surface area contributed by atoms with Crippen LogP contribution in [0.25, 0.3) is 0 Å². The van der Waals surface area contributed by atoms with E-state index in [2.05, 4.69) is 41.5 Å². The molecule has 1 unspecified atom stereocenters. The molecule has 1 aromatic carbocycles. The average Bonchev–Trinajstić information content (AvgIpc) is 2.88. The van der Waals surface area contributed by atoms with Crippen LogP contribution >= 0.6 is 0 Å². The van der Waals surface area contributed by atoms with E-state index in [4.69, 9.17) is 0 Å². The van der Waals surface area contributed by atoms with Gasteiger partial charge < -0.3 is 5.32 Å². The number of nitrogens with zero attached hydrogens (tertiary/aromatic N) is 1. The fraction of sp³-hybridized carbons (Fsp3) is 0.562. The Morgan fingerprint density at radius 1 is 1.26 bits per heavy atom. The van der Waals surface area contributed by atoms with E-state index in [0.717, 1.165) is 25.8 Å². The molecule has 0 bridgehead atoms. The Labute approximate surface area is 115 Å². The highest BCUT2D eigenvalue weighted by Crippen LogP contribution is 2.36. The van der Waals surface area contributed by atoms with Crippen LogP contribution in [0.5, 0.6) is 0 Å². The topological polar surface area (TPSA) is 32.3 Å². The fourth-order valence-electron chi connectivity index (χ4n) is 3.63. The van der Waals surface area contributed by atoms with Crippen molar-refractivity contribution in [2.45, 2.75) is 43.7 Å². The van der Waals surface area contributed by atoms with Crippen molar-refractivity contribution in [3.8, 4) is 0 Å². The zero-order chi connectivity index (χ0) is 13.3. The van der Waals surface area contributed by atoms with Crippen molar-refractivity contribution >= 4 is 5.91 Å². The summed E-state index contributed by atoms with van der Waals surface area (Å²) in [6.07, 6.45) is 5.33. The molecule has 2 fully saturated rings. The first kappa shape index (κ1) is 12.7. The second-order valence-corrected chi connectivity index (χ2v) is 5.98. The Morgan fingerprint density at radius 3 is 2.58 bits per heavy atom. The SMILES string of the molecule is CN1CC(Cc2ccccc2)NC(=O)C12CCCC2. The first-order valence-electron chi connectivity index (χ1n) is 7.27. The third kappa shape index (κ3) is 2.27. The van der Waals surface area contributed by atoms with Crippen LogP contribution in [0.15, 0.2) is 30.3 Å². The van der Waals surface area contributed by atoms with Gasteiger partial charge in [-0.25, -0.2) is 0 Å². The number of hydrogen-bond acceptors (Lipinski definition) is 2. The molecule has 2 aliphatic rings. The molecule has 3 heteroatoms. The van der Waals surface area contributed by atoms with Crippen LogP contribution in [0.2, 0.25) is 0 Å². The maximum atomic E-state index is 12.5. The van der Waals surface area contributed by atoms with E-state index in [1.165, 1.54) is 18.4 Å². The molecule has 0 radical (unpaired) electrons. The van der Waals surface area contributed by atoms with E-state index in [-0.39, 0.29) is 17.5 Å². The van der Waals surface area contributed by atoms with Crippen LogP contribution in [0.1, 0.15) is 31.2 Å². The number of rotatable bonds is 2. The Balaban J connectivity index is 1.70. The minimum absolute atomic E-state index is 0.201. The molecule has 19 heavy (non-hydrogen) atoms. The molecule has 1 saturated heterocycles. The van der Waals surface area contributed by atoms with Crippen molar-refractivity contribution in [2.75, 3.05) is 13.6 Å². The van der Waals surface area contributed by atoms with E-state index >= 15 is 0 Å². The lowest BCUT2D eigenvalue weighted by Crippen LogP contribution is -2.66. The zero-order valence-corrected chi connectivity index (χ0v) is 11.6. The number of benzene rings is 1. The van der Waals surface area contributed by atoms with Gasteiger partial charge in [-0.2, -0.15) is 0 Å². The Hall–Kier alpha value is -1.35. The lowest BCUT2D eigenvalue weighted by Gasteiger charge is -2.44. The van der Waals surface area contributed by atoms with Crippen molar-refractivity contribution in [1.29, 1.82) is 0 Å². The molecule has 1 heterocycles. The van der Waals surface area contributed by atoms with Gasteiger partial charge in [-0.15, -0.1) is 0 Å². The maximum Gasteiger partial charge on any atom is 0.240 e. The van der Waals surface area contributed by atoms with Crippen molar-refractivity contribution in [3.05, 3.63) is 35.9 Å². The summed E-state index contributed by atoms with van der Waals surface area (Å²) >= 11 is 0. The number of carbonyl (C=O) groups excluding carboxylic acids is 1. The van der Waals surface area contributed by atoms with Gasteiger partial charge in [0.05, 0.1) is 0 Å². The summed E-state index contributed by atoms with van der Waals surface area (Å²) in [7, 11) is 2.11. The number of amides is 1. The Kier molecular flexibility index (Phi) is 3.31. The summed E-state index contributed by atoms with van der Waals surface area (Å²) in [6.45, 7) is 0.959. The highest BCUT2D eigenvalue weighted by atomic mass is 16.2. The van der Waals surface area contributed by atoms with Crippen LogP contribution in [0, 0.1) is 0 Å². The van der Waals surface area contributed by atoms with Crippen molar-refractivity contribution < 1.29 is 4.79 Å². The third-order valence-electron chi connectivity index (χ3n) is 4.74. The minimum atomic E-state index is -0.201.